The van der Waals surface area contributed by atoms with Gasteiger partial charge in [0.25, 0.3) is 0 Å². The third kappa shape index (κ3) is 4.69. The molecular weight excluding hydrogens is 318 g/mol. The van der Waals surface area contributed by atoms with Crippen molar-refractivity contribution in [3.8, 4) is 5.75 Å². The number of benzene rings is 1. The van der Waals surface area contributed by atoms with Gasteiger partial charge in [0.15, 0.2) is 0 Å². The van der Waals surface area contributed by atoms with E-state index in [9.17, 15) is 4.79 Å². The Labute approximate surface area is 146 Å². The predicted octanol–water partition coefficient (Wildman–Crippen LogP) is 2.47. The van der Waals surface area contributed by atoms with Crippen molar-refractivity contribution in [1.82, 2.24) is 19.6 Å². The van der Waals surface area contributed by atoms with Crippen molar-refractivity contribution in [3.05, 3.63) is 60.2 Å². The molecule has 2 heterocycles. The summed E-state index contributed by atoms with van der Waals surface area (Å²) >= 11 is 0. The molecule has 2 aromatic heterocycles. The summed E-state index contributed by atoms with van der Waals surface area (Å²) in [5.74, 6) is 0.751. The second-order valence-corrected chi connectivity index (χ2v) is 5.86. The number of hydrogen-bond donors (Lipinski definition) is 1. The van der Waals surface area contributed by atoms with Gasteiger partial charge in [-0.05, 0) is 30.2 Å². The molecule has 0 radical (unpaired) electrons. The molecule has 0 saturated carbocycles. The molecule has 130 valence electrons. The van der Waals surface area contributed by atoms with E-state index in [0.29, 0.717) is 25.2 Å². The van der Waals surface area contributed by atoms with Gasteiger partial charge >= 0.3 is 0 Å². The van der Waals surface area contributed by atoms with Gasteiger partial charge in [0.05, 0.1) is 31.7 Å². The monoisotopic (exact) mass is 339 g/mol. The molecule has 7 heteroatoms. The summed E-state index contributed by atoms with van der Waals surface area (Å²) in [4.78, 5) is 12.0. The van der Waals surface area contributed by atoms with E-state index in [2.05, 4.69) is 15.5 Å². The van der Waals surface area contributed by atoms with Gasteiger partial charge in [-0.1, -0.05) is 12.1 Å². The highest BCUT2D eigenvalue weighted by Crippen LogP contribution is 2.14. The van der Waals surface area contributed by atoms with E-state index >= 15 is 0 Å². The van der Waals surface area contributed by atoms with Crippen molar-refractivity contribution in [1.29, 1.82) is 0 Å². The maximum Gasteiger partial charge on any atom is 0.226 e. The molecule has 1 amide bonds. The fourth-order valence-electron chi connectivity index (χ4n) is 2.50. The van der Waals surface area contributed by atoms with E-state index in [1.54, 1.807) is 28.9 Å². The zero-order chi connectivity index (χ0) is 17.6. The van der Waals surface area contributed by atoms with E-state index in [4.69, 9.17) is 4.74 Å². The average molecular weight is 339 g/mol. The van der Waals surface area contributed by atoms with Crippen LogP contribution in [0.4, 0.5) is 5.69 Å². The lowest BCUT2D eigenvalue weighted by atomic mass is 10.2. The van der Waals surface area contributed by atoms with E-state index in [1.165, 1.54) is 0 Å². The molecule has 1 N–H and O–H groups in total. The number of carbonyl (C=O) groups excluding carboxylic acids is 1. The van der Waals surface area contributed by atoms with Crippen molar-refractivity contribution in [3.63, 3.8) is 0 Å². The Bertz CT molecular complexity index is 853. The van der Waals surface area contributed by atoms with Gasteiger partial charge in [0.2, 0.25) is 5.91 Å². The number of carbonyl (C=O) groups is 1. The molecule has 0 atom stereocenters. The number of methoxy groups -OCH3 is 1. The Kier molecular flexibility index (Phi) is 5.13. The van der Waals surface area contributed by atoms with Crippen molar-refractivity contribution >= 4 is 11.6 Å². The zero-order valence-corrected chi connectivity index (χ0v) is 14.3. The maximum atomic E-state index is 12.0. The summed E-state index contributed by atoms with van der Waals surface area (Å²) in [6.07, 6.45) is 7.52. The Hall–Kier alpha value is -3.09. The number of anilines is 1. The van der Waals surface area contributed by atoms with Crippen LogP contribution in [0.3, 0.4) is 0 Å². The smallest absolute Gasteiger partial charge is 0.226 e. The summed E-state index contributed by atoms with van der Waals surface area (Å²) in [5.41, 5.74) is 2.85. The Balaban J connectivity index is 1.53. The third-order valence-electron chi connectivity index (χ3n) is 3.73. The molecule has 0 aliphatic heterocycles. The molecule has 7 nitrogen and oxygen atoms in total. The van der Waals surface area contributed by atoms with E-state index in [1.807, 2.05) is 43.6 Å². The first-order chi connectivity index (χ1) is 12.1. The minimum absolute atomic E-state index is 0.0610. The number of ether oxygens (including phenoxy) is 1. The highest BCUT2D eigenvalue weighted by molar-refractivity contribution is 5.90. The molecule has 3 rings (SSSR count). The molecule has 3 aromatic rings. The van der Waals surface area contributed by atoms with E-state index < -0.39 is 0 Å². The number of nitrogens with zero attached hydrogens (tertiary/aromatic N) is 4. The minimum Gasteiger partial charge on any atom is -0.497 e. The van der Waals surface area contributed by atoms with Crippen molar-refractivity contribution in [2.24, 2.45) is 0 Å². The van der Waals surface area contributed by atoms with Crippen LogP contribution in [-0.2, 0) is 17.9 Å². The van der Waals surface area contributed by atoms with Gasteiger partial charge in [0, 0.05) is 25.4 Å². The maximum absolute atomic E-state index is 12.0. The Morgan fingerprint density at radius 1 is 1.20 bits per heavy atom. The van der Waals surface area contributed by atoms with Crippen LogP contribution in [-0.4, -0.2) is 32.6 Å². The molecule has 0 saturated heterocycles. The summed E-state index contributed by atoms with van der Waals surface area (Å²) < 4.78 is 8.77. The molecular formula is C18H21N5O2. The highest BCUT2D eigenvalue weighted by Gasteiger charge is 2.06. The number of rotatable bonds is 7. The van der Waals surface area contributed by atoms with E-state index in [-0.39, 0.29) is 5.91 Å². The average Bonchev–Trinajstić information content (AvgIpc) is 3.22. The second kappa shape index (κ2) is 7.65. The molecule has 0 spiro atoms. The molecule has 0 unspecified atom stereocenters. The van der Waals surface area contributed by atoms with Crippen molar-refractivity contribution < 1.29 is 9.53 Å². The minimum atomic E-state index is -0.0610. The first kappa shape index (κ1) is 16.8. The normalized spacial score (nSPS) is 10.6. The van der Waals surface area contributed by atoms with Crippen LogP contribution >= 0.6 is 0 Å². The standard InChI is InChI=1S/C18H21N5O2/c1-14-9-19-22(11-14)7-6-18(24)21-16-10-20-23(13-16)12-15-4-3-5-17(8-15)25-2/h3-5,8-11,13H,6-7,12H2,1-2H3,(H,21,24). The first-order valence-electron chi connectivity index (χ1n) is 8.06. The lowest BCUT2D eigenvalue weighted by Crippen LogP contribution is -2.14. The SMILES string of the molecule is COc1cccc(Cn2cc(NC(=O)CCn3cc(C)cn3)cn2)c1. The van der Waals surface area contributed by atoms with Crippen LogP contribution < -0.4 is 10.1 Å². The van der Waals surface area contributed by atoms with Crippen molar-refractivity contribution in [2.45, 2.75) is 26.4 Å². The largest absolute Gasteiger partial charge is 0.497 e. The zero-order valence-electron chi connectivity index (χ0n) is 14.3. The number of aryl methyl sites for hydroxylation is 2. The van der Waals surface area contributed by atoms with Crippen LogP contribution in [0.15, 0.2) is 49.1 Å². The van der Waals surface area contributed by atoms with Crippen LogP contribution in [0.5, 0.6) is 5.75 Å². The molecule has 0 bridgehead atoms. The number of nitrogens with one attached hydrogen (secondary N) is 1. The van der Waals surface area contributed by atoms with Gasteiger partial charge in [-0.15, -0.1) is 0 Å². The fourth-order valence-corrected chi connectivity index (χ4v) is 2.50. The fraction of sp³-hybridized carbons (Fsp3) is 0.278. The topological polar surface area (TPSA) is 74.0 Å². The third-order valence-corrected chi connectivity index (χ3v) is 3.73. The second-order valence-electron chi connectivity index (χ2n) is 5.86. The molecule has 25 heavy (non-hydrogen) atoms. The summed E-state index contributed by atoms with van der Waals surface area (Å²) in [6.45, 7) is 3.14. The van der Waals surface area contributed by atoms with Crippen molar-refractivity contribution in [2.75, 3.05) is 12.4 Å². The molecule has 0 aliphatic rings. The lowest BCUT2D eigenvalue weighted by Gasteiger charge is -2.05. The van der Waals surface area contributed by atoms with Gasteiger partial charge < -0.3 is 10.1 Å². The Morgan fingerprint density at radius 3 is 2.80 bits per heavy atom. The van der Waals surface area contributed by atoms with Gasteiger partial charge in [-0.25, -0.2) is 0 Å². The lowest BCUT2D eigenvalue weighted by molar-refractivity contribution is -0.116. The number of aromatic nitrogens is 4. The van der Waals surface area contributed by atoms with Gasteiger partial charge in [0.1, 0.15) is 5.75 Å². The van der Waals surface area contributed by atoms with Crippen LogP contribution in [0.25, 0.3) is 0 Å². The first-order valence-corrected chi connectivity index (χ1v) is 8.06. The quantitative estimate of drug-likeness (QED) is 0.718. The number of amides is 1. The highest BCUT2D eigenvalue weighted by atomic mass is 16.5. The number of hydrogen-bond acceptors (Lipinski definition) is 4. The predicted molar refractivity (Wildman–Crippen MR) is 94.5 cm³/mol. The summed E-state index contributed by atoms with van der Waals surface area (Å²) in [7, 11) is 1.64. The molecule has 0 aliphatic carbocycles. The van der Waals surface area contributed by atoms with Gasteiger partial charge in [-0.2, -0.15) is 10.2 Å². The summed E-state index contributed by atoms with van der Waals surface area (Å²) in [6, 6.07) is 7.82. The summed E-state index contributed by atoms with van der Waals surface area (Å²) in [5, 5.41) is 11.3. The van der Waals surface area contributed by atoms with Crippen LogP contribution in [0, 0.1) is 6.92 Å². The molecule has 1 aromatic carbocycles. The molecule has 0 fully saturated rings. The Morgan fingerprint density at radius 2 is 2.04 bits per heavy atom. The van der Waals surface area contributed by atoms with Crippen LogP contribution in [0.2, 0.25) is 0 Å². The van der Waals surface area contributed by atoms with E-state index in [0.717, 1.165) is 16.9 Å². The van der Waals surface area contributed by atoms with Crippen LogP contribution in [0.1, 0.15) is 17.5 Å². The van der Waals surface area contributed by atoms with Gasteiger partial charge in [-0.3, -0.25) is 14.2 Å².